The van der Waals surface area contributed by atoms with Gasteiger partial charge in [0.25, 0.3) is 5.91 Å². The highest BCUT2D eigenvalue weighted by Crippen LogP contribution is 2.13. The van der Waals surface area contributed by atoms with Crippen molar-refractivity contribution in [2.45, 2.75) is 20.3 Å². The lowest BCUT2D eigenvalue weighted by atomic mass is 10.1. The zero-order valence-electron chi connectivity index (χ0n) is 13.0. The summed E-state index contributed by atoms with van der Waals surface area (Å²) < 4.78 is 0. The van der Waals surface area contributed by atoms with Crippen LogP contribution >= 0.6 is 0 Å². The Balaban J connectivity index is 2.01. The number of carbonyl (C=O) groups excluding carboxylic acids is 3. The van der Waals surface area contributed by atoms with E-state index in [-0.39, 0.29) is 17.7 Å². The lowest BCUT2D eigenvalue weighted by Crippen LogP contribution is -2.36. The van der Waals surface area contributed by atoms with Gasteiger partial charge < -0.3 is 15.1 Å². The Hall–Kier alpha value is -2.37. The number of rotatable bonds is 2. The molecule has 1 saturated heterocycles. The van der Waals surface area contributed by atoms with E-state index in [1.165, 1.54) is 6.92 Å². The third-order valence-corrected chi connectivity index (χ3v) is 3.68. The molecule has 0 aromatic heterocycles. The summed E-state index contributed by atoms with van der Waals surface area (Å²) in [5.41, 5.74) is 1.26. The van der Waals surface area contributed by atoms with Gasteiger partial charge in [0.15, 0.2) is 0 Å². The summed E-state index contributed by atoms with van der Waals surface area (Å²) in [4.78, 5) is 38.4. The van der Waals surface area contributed by atoms with Crippen LogP contribution in [0.15, 0.2) is 24.3 Å². The fourth-order valence-corrected chi connectivity index (χ4v) is 2.52. The molecule has 6 nitrogen and oxygen atoms in total. The molecule has 0 spiro atoms. The SMILES string of the molecule is CC(=O)Nc1ccc(C(=O)N2CCCN(C(C)=O)CC2)cc1. The fourth-order valence-electron chi connectivity index (χ4n) is 2.52. The molecule has 6 heteroatoms. The Morgan fingerprint density at radius 2 is 1.50 bits per heavy atom. The first-order valence-corrected chi connectivity index (χ1v) is 7.40. The number of anilines is 1. The van der Waals surface area contributed by atoms with Crippen LogP contribution in [0.1, 0.15) is 30.6 Å². The minimum Gasteiger partial charge on any atom is -0.341 e. The first-order valence-electron chi connectivity index (χ1n) is 7.40. The van der Waals surface area contributed by atoms with Crippen LogP contribution in [0.4, 0.5) is 5.69 Å². The van der Waals surface area contributed by atoms with Gasteiger partial charge in [0, 0.05) is 51.3 Å². The monoisotopic (exact) mass is 303 g/mol. The van der Waals surface area contributed by atoms with E-state index in [9.17, 15) is 14.4 Å². The highest BCUT2D eigenvalue weighted by atomic mass is 16.2. The van der Waals surface area contributed by atoms with Gasteiger partial charge >= 0.3 is 0 Å². The van der Waals surface area contributed by atoms with E-state index < -0.39 is 0 Å². The van der Waals surface area contributed by atoms with E-state index in [1.807, 2.05) is 0 Å². The van der Waals surface area contributed by atoms with E-state index in [1.54, 1.807) is 41.0 Å². The third-order valence-electron chi connectivity index (χ3n) is 3.68. The smallest absolute Gasteiger partial charge is 0.253 e. The lowest BCUT2D eigenvalue weighted by Gasteiger charge is -2.21. The largest absolute Gasteiger partial charge is 0.341 e. The maximum absolute atomic E-state index is 12.5. The molecule has 0 bridgehead atoms. The molecule has 0 unspecified atom stereocenters. The Bertz CT molecular complexity index is 569. The summed E-state index contributed by atoms with van der Waals surface area (Å²) in [5, 5.41) is 2.67. The van der Waals surface area contributed by atoms with Crippen molar-refractivity contribution in [2.75, 3.05) is 31.5 Å². The van der Waals surface area contributed by atoms with Crippen LogP contribution in [0.2, 0.25) is 0 Å². The second-order valence-corrected chi connectivity index (χ2v) is 5.41. The van der Waals surface area contributed by atoms with Crippen molar-refractivity contribution in [3.05, 3.63) is 29.8 Å². The highest BCUT2D eigenvalue weighted by Gasteiger charge is 2.21. The fraction of sp³-hybridized carbons (Fsp3) is 0.438. The number of hydrogen-bond donors (Lipinski definition) is 1. The van der Waals surface area contributed by atoms with Crippen LogP contribution in [0.25, 0.3) is 0 Å². The number of benzene rings is 1. The molecule has 1 aliphatic heterocycles. The van der Waals surface area contributed by atoms with Gasteiger partial charge in [-0.2, -0.15) is 0 Å². The second-order valence-electron chi connectivity index (χ2n) is 5.41. The first kappa shape index (κ1) is 16.0. The van der Waals surface area contributed by atoms with Crippen LogP contribution in [0, 0.1) is 0 Å². The summed E-state index contributed by atoms with van der Waals surface area (Å²) >= 11 is 0. The zero-order valence-corrected chi connectivity index (χ0v) is 13.0. The minimum absolute atomic E-state index is 0.0419. The molecule has 1 fully saturated rings. The van der Waals surface area contributed by atoms with Gasteiger partial charge in [-0.1, -0.05) is 0 Å². The summed E-state index contributed by atoms with van der Waals surface area (Å²) in [6.07, 6.45) is 0.787. The molecular weight excluding hydrogens is 282 g/mol. The average Bonchev–Trinajstić information content (AvgIpc) is 2.72. The Kier molecular flexibility index (Phi) is 5.14. The lowest BCUT2D eigenvalue weighted by molar-refractivity contribution is -0.128. The van der Waals surface area contributed by atoms with Gasteiger partial charge in [-0.15, -0.1) is 0 Å². The van der Waals surface area contributed by atoms with Crippen LogP contribution in [0.3, 0.4) is 0 Å². The van der Waals surface area contributed by atoms with Crippen molar-refractivity contribution < 1.29 is 14.4 Å². The second kappa shape index (κ2) is 7.06. The molecule has 0 atom stereocenters. The molecule has 3 amide bonds. The predicted molar refractivity (Wildman–Crippen MR) is 83.5 cm³/mol. The normalized spacial score (nSPS) is 15.2. The summed E-state index contributed by atoms with van der Waals surface area (Å²) in [6.45, 7) is 5.46. The van der Waals surface area contributed by atoms with Crippen LogP contribution in [-0.2, 0) is 9.59 Å². The zero-order chi connectivity index (χ0) is 16.1. The van der Waals surface area contributed by atoms with Crippen molar-refractivity contribution in [1.82, 2.24) is 9.80 Å². The van der Waals surface area contributed by atoms with E-state index in [2.05, 4.69) is 5.32 Å². The van der Waals surface area contributed by atoms with Crippen molar-refractivity contribution in [2.24, 2.45) is 0 Å². The molecule has 1 N–H and O–H groups in total. The molecule has 1 heterocycles. The van der Waals surface area contributed by atoms with Crippen molar-refractivity contribution in [3.8, 4) is 0 Å². The van der Waals surface area contributed by atoms with E-state index in [0.717, 1.165) is 6.42 Å². The van der Waals surface area contributed by atoms with Gasteiger partial charge in [-0.3, -0.25) is 14.4 Å². The van der Waals surface area contributed by atoms with E-state index >= 15 is 0 Å². The first-order chi connectivity index (χ1) is 10.5. The molecule has 118 valence electrons. The van der Waals surface area contributed by atoms with E-state index in [0.29, 0.717) is 37.4 Å². The molecule has 1 aliphatic rings. The number of hydrogen-bond acceptors (Lipinski definition) is 3. The third kappa shape index (κ3) is 4.07. The number of nitrogens with one attached hydrogen (secondary N) is 1. The minimum atomic E-state index is -0.143. The van der Waals surface area contributed by atoms with Gasteiger partial charge in [0.1, 0.15) is 0 Å². The molecule has 0 radical (unpaired) electrons. The molecule has 0 saturated carbocycles. The maximum atomic E-state index is 12.5. The van der Waals surface area contributed by atoms with Gasteiger partial charge in [0.2, 0.25) is 11.8 Å². The summed E-state index contributed by atoms with van der Waals surface area (Å²) in [7, 11) is 0. The van der Waals surface area contributed by atoms with Gasteiger partial charge in [-0.05, 0) is 30.7 Å². The number of amides is 3. The van der Waals surface area contributed by atoms with Crippen LogP contribution in [-0.4, -0.2) is 53.7 Å². The molecule has 1 aromatic carbocycles. The van der Waals surface area contributed by atoms with Crippen molar-refractivity contribution in [3.63, 3.8) is 0 Å². The quantitative estimate of drug-likeness (QED) is 0.896. The maximum Gasteiger partial charge on any atom is 0.253 e. The highest BCUT2D eigenvalue weighted by molar-refractivity contribution is 5.95. The average molecular weight is 303 g/mol. The molecule has 22 heavy (non-hydrogen) atoms. The standard InChI is InChI=1S/C16H21N3O3/c1-12(20)17-15-6-4-14(5-7-15)16(22)19-9-3-8-18(10-11-19)13(2)21/h4-7H,3,8-11H2,1-2H3,(H,17,20). The predicted octanol–water partition coefficient (Wildman–Crippen LogP) is 1.34. The van der Waals surface area contributed by atoms with Crippen LogP contribution < -0.4 is 5.32 Å². The van der Waals surface area contributed by atoms with Crippen molar-refractivity contribution >= 4 is 23.4 Å². The summed E-state index contributed by atoms with van der Waals surface area (Å²) in [5.74, 6) is -0.135. The molecule has 1 aromatic rings. The molecule has 0 aliphatic carbocycles. The van der Waals surface area contributed by atoms with Gasteiger partial charge in [0.05, 0.1) is 0 Å². The Labute approximate surface area is 130 Å². The molecule has 2 rings (SSSR count). The molecular formula is C16H21N3O3. The number of nitrogens with zero attached hydrogens (tertiary/aromatic N) is 2. The van der Waals surface area contributed by atoms with Gasteiger partial charge in [-0.25, -0.2) is 0 Å². The van der Waals surface area contributed by atoms with Crippen molar-refractivity contribution in [1.29, 1.82) is 0 Å². The van der Waals surface area contributed by atoms with Crippen LogP contribution in [0.5, 0.6) is 0 Å². The Morgan fingerprint density at radius 1 is 0.909 bits per heavy atom. The number of carbonyl (C=O) groups is 3. The Morgan fingerprint density at radius 3 is 2.09 bits per heavy atom. The van der Waals surface area contributed by atoms with E-state index in [4.69, 9.17) is 0 Å². The topological polar surface area (TPSA) is 69.7 Å². The summed E-state index contributed by atoms with van der Waals surface area (Å²) in [6, 6.07) is 6.85.